The molecule has 1 aromatic carbocycles. The molecule has 0 radical (unpaired) electrons. The number of benzene rings is 1. The average molecular weight is 284 g/mol. The first-order valence-corrected chi connectivity index (χ1v) is 6.90. The Kier molecular flexibility index (Phi) is 3.68. The summed E-state index contributed by atoms with van der Waals surface area (Å²) in [4.78, 5) is 19.4. The van der Waals surface area contributed by atoms with E-state index in [1.54, 1.807) is 12.4 Å². The number of H-pyrrole nitrogens is 1. The third kappa shape index (κ3) is 2.79. The van der Waals surface area contributed by atoms with Gasteiger partial charge in [-0.25, -0.2) is 4.98 Å². The average Bonchev–Trinajstić information content (AvgIpc) is 3.15. The fourth-order valence-corrected chi connectivity index (χ4v) is 2.29. The summed E-state index contributed by atoms with van der Waals surface area (Å²) in [6.45, 7) is 2.00. The fraction of sp³-hybridized carbons (Fsp3) is 0.267. The first-order chi connectivity index (χ1) is 10.3. The van der Waals surface area contributed by atoms with Gasteiger partial charge in [-0.05, 0) is 18.6 Å². The quantitative estimate of drug-likeness (QED) is 0.753. The Labute approximate surface area is 121 Å². The van der Waals surface area contributed by atoms with Crippen LogP contribution >= 0.6 is 0 Å². The van der Waals surface area contributed by atoms with Gasteiger partial charge in [0.2, 0.25) is 5.91 Å². The van der Waals surface area contributed by atoms with Crippen LogP contribution in [0.1, 0.15) is 30.9 Å². The Hall–Kier alpha value is -2.63. The van der Waals surface area contributed by atoms with Crippen molar-refractivity contribution < 1.29 is 9.32 Å². The largest absolute Gasteiger partial charge is 0.356 e. The van der Waals surface area contributed by atoms with Crippen LogP contribution in [0, 0.1) is 0 Å². The van der Waals surface area contributed by atoms with Crippen molar-refractivity contribution in [2.45, 2.75) is 25.8 Å². The van der Waals surface area contributed by atoms with E-state index in [2.05, 4.69) is 20.4 Å². The highest BCUT2D eigenvalue weighted by Gasteiger charge is 2.17. The molecule has 3 aromatic rings. The summed E-state index contributed by atoms with van der Waals surface area (Å²) < 4.78 is 5.20. The molecule has 2 heterocycles. The highest BCUT2D eigenvalue weighted by atomic mass is 16.5. The number of rotatable bonds is 5. The summed E-state index contributed by atoms with van der Waals surface area (Å²) in [5.74, 6) is 0.660. The van der Waals surface area contributed by atoms with Crippen LogP contribution in [0.5, 0.6) is 0 Å². The van der Waals surface area contributed by atoms with Gasteiger partial charge >= 0.3 is 0 Å². The van der Waals surface area contributed by atoms with E-state index < -0.39 is 0 Å². The molecule has 2 aromatic heterocycles. The van der Waals surface area contributed by atoms with Crippen molar-refractivity contribution >= 4 is 16.9 Å². The second kappa shape index (κ2) is 5.78. The van der Waals surface area contributed by atoms with E-state index in [1.165, 1.54) is 0 Å². The standard InChI is InChI=1S/C15H16N4O2/c1-2-11(15-16-7-8-17-15)18-14(20)9-12-10-5-3-4-6-13(10)21-19-12/h3-8,11H,2,9H2,1H3,(H,16,17)(H,18,20). The Balaban J connectivity index is 1.71. The summed E-state index contributed by atoms with van der Waals surface area (Å²) in [5, 5.41) is 7.80. The number of para-hydroxylation sites is 1. The second-order valence-corrected chi connectivity index (χ2v) is 4.80. The van der Waals surface area contributed by atoms with Gasteiger partial charge in [-0.2, -0.15) is 0 Å². The second-order valence-electron chi connectivity index (χ2n) is 4.80. The normalized spacial score (nSPS) is 12.4. The Bertz CT molecular complexity index is 733. The van der Waals surface area contributed by atoms with Crippen LogP contribution in [0.15, 0.2) is 41.2 Å². The van der Waals surface area contributed by atoms with Gasteiger partial charge in [0.1, 0.15) is 11.5 Å². The maximum atomic E-state index is 12.2. The number of aromatic amines is 1. The van der Waals surface area contributed by atoms with E-state index in [4.69, 9.17) is 4.52 Å². The molecule has 108 valence electrons. The molecule has 0 aliphatic heterocycles. The molecule has 0 aliphatic rings. The van der Waals surface area contributed by atoms with Crippen molar-refractivity contribution in [3.05, 3.63) is 48.2 Å². The molecule has 6 heteroatoms. The van der Waals surface area contributed by atoms with E-state index >= 15 is 0 Å². The molecular weight excluding hydrogens is 268 g/mol. The van der Waals surface area contributed by atoms with E-state index in [9.17, 15) is 4.79 Å². The number of nitrogens with zero attached hydrogens (tertiary/aromatic N) is 2. The molecule has 0 spiro atoms. The van der Waals surface area contributed by atoms with Gasteiger partial charge in [-0.15, -0.1) is 0 Å². The minimum atomic E-state index is -0.120. The van der Waals surface area contributed by atoms with Crippen molar-refractivity contribution in [2.75, 3.05) is 0 Å². The molecule has 3 rings (SSSR count). The number of carbonyl (C=O) groups excluding carboxylic acids is 1. The van der Waals surface area contributed by atoms with Gasteiger partial charge in [-0.3, -0.25) is 4.79 Å². The van der Waals surface area contributed by atoms with E-state index in [1.807, 2.05) is 31.2 Å². The third-order valence-electron chi connectivity index (χ3n) is 3.37. The maximum Gasteiger partial charge on any atom is 0.226 e. The van der Waals surface area contributed by atoms with Crippen molar-refractivity contribution in [3.63, 3.8) is 0 Å². The van der Waals surface area contributed by atoms with Gasteiger partial charge in [-0.1, -0.05) is 24.2 Å². The van der Waals surface area contributed by atoms with Gasteiger partial charge in [0, 0.05) is 17.8 Å². The number of nitrogens with one attached hydrogen (secondary N) is 2. The summed E-state index contributed by atoms with van der Waals surface area (Å²) in [6.07, 6.45) is 4.37. The SMILES string of the molecule is CCC(NC(=O)Cc1noc2ccccc12)c1ncc[nH]1. The minimum Gasteiger partial charge on any atom is -0.356 e. The summed E-state index contributed by atoms with van der Waals surface area (Å²) in [7, 11) is 0. The predicted octanol–water partition coefficient (Wildman–Crippen LogP) is 2.36. The topological polar surface area (TPSA) is 83.8 Å². The lowest BCUT2D eigenvalue weighted by Crippen LogP contribution is -2.30. The molecule has 0 bridgehead atoms. The summed E-state index contributed by atoms with van der Waals surface area (Å²) in [6, 6.07) is 7.39. The lowest BCUT2D eigenvalue weighted by Gasteiger charge is -2.14. The van der Waals surface area contributed by atoms with Crippen molar-refractivity contribution in [3.8, 4) is 0 Å². The molecule has 0 fully saturated rings. The third-order valence-corrected chi connectivity index (χ3v) is 3.37. The molecule has 6 nitrogen and oxygen atoms in total. The Morgan fingerprint density at radius 2 is 2.29 bits per heavy atom. The Morgan fingerprint density at radius 1 is 1.43 bits per heavy atom. The highest BCUT2D eigenvalue weighted by Crippen LogP contribution is 2.18. The first kappa shape index (κ1) is 13.4. The highest BCUT2D eigenvalue weighted by molar-refractivity contribution is 5.86. The smallest absolute Gasteiger partial charge is 0.226 e. The van der Waals surface area contributed by atoms with Crippen molar-refractivity contribution in [1.82, 2.24) is 20.4 Å². The van der Waals surface area contributed by atoms with Crippen LogP contribution in [0.3, 0.4) is 0 Å². The van der Waals surface area contributed by atoms with Crippen molar-refractivity contribution in [2.24, 2.45) is 0 Å². The van der Waals surface area contributed by atoms with E-state index in [0.717, 1.165) is 17.6 Å². The zero-order chi connectivity index (χ0) is 14.7. The monoisotopic (exact) mass is 284 g/mol. The van der Waals surface area contributed by atoms with Gasteiger partial charge in [0.25, 0.3) is 0 Å². The van der Waals surface area contributed by atoms with Crippen LogP contribution < -0.4 is 5.32 Å². The Morgan fingerprint density at radius 3 is 3.05 bits per heavy atom. The molecule has 0 saturated carbocycles. The van der Waals surface area contributed by atoms with Crippen LogP contribution in [-0.2, 0) is 11.2 Å². The van der Waals surface area contributed by atoms with Crippen LogP contribution in [0.2, 0.25) is 0 Å². The number of hydrogen-bond acceptors (Lipinski definition) is 4. The van der Waals surface area contributed by atoms with Gasteiger partial charge in [0.15, 0.2) is 5.58 Å². The molecule has 2 N–H and O–H groups in total. The first-order valence-electron chi connectivity index (χ1n) is 6.90. The fourth-order valence-electron chi connectivity index (χ4n) is 2.29. The van der Waals surface area contributed by atoms with Crippen molar-refractivity contribution in [1.29, 1.82) is 0 Å². The molecule has 0 aliphatic carbocycles. The predicted molar refractivity (Wildman–Crippen MR) is 77.5 cm³/mol. The molecular formula is C15H16N4O2. The van der Waals surface area contributed by atoms with Crippen LogP contribution in [0.25, 0.3) is 11.0 Å². The van der Waals surface area contributed by atoms with Crippen LogP contribution in [0.4, 0.5) is 0 Å². The van der Waals surface area contributed by atoms with E-state index in [0.29, 0.717) is 11.3 Å². The number of hydrogen-bond donors (Lipinski definition) is 2. The summed E-state index contributed by atoms with van der Waals surface area (Å²) in [5.41, 5.74) is 1.34. The lowest BCUT2D eigenvalue weighted by atomic mass is 10.1. The molecule has 1 amide bonds. The number of fused-ring (bicyclic) bond motifs is 1. The van der Waals surface area contributed by atoms with Gasteiger partial charge in [0.05, 0.1) is 12.5 Å². The number of carbonyl (C=O) groups is 1. The van der Waals surface area contributed by atoms with Gasteiger partial charge < -0.3 is 14.8 Å². The zero-order valence-corrected chi connectivity index (χ0v) is 11.7. The lowest BCUT2D eigenvalue weighted by molar-refractivity contribution is -0.121. The number of aromatic nitrogens is 3. The maximum absolute atomic E-state index is 12.2. The minimum absolute atomic E-state index is 0.0997. The summed E-state index contributed by atoms with van der Waals surface area (Å²) >= 11 is 0. The van der Waals surface area contributed by atoms with Crippen LogP contribution in [-0.4, -0.2) is 21.0 Å². The number of amides is 1. The molecule has 21 heavy (non-hydrogen) atoms. The molecule has 1 unspecified atom stereocenters. The zero-order valence-electron chi connectivity index (χ0n) is 11.7. The van der Waals surface area contributed by atoms with E-state index in [-0.39, 0.29) is 18.4 Å². The molecule has 0 saturated heterocycles. The molecule has 1 atom stereocenters. The number of imidazole rings is 1.